The molecule has 2 bridgehead atoms. The second kappa shape index (κ2) is 11.5. The van der Waals surface area contributed by atoms with Gasteiger partial charge in [0.05, 0.1) is 13.1 Å². The van der Waals surface area contributed by atoms with Crippen LogP contribution in [0.3, 0.4) is 0 Å². The lowest BCUT2D eigenvalue weighted by atomic mass is 9.83. The molecule has 6 nitrogen and oxygen atoms in total. The van der Waals surface area contributed by atoms with Crippen LogP contribution in [0.2, 0.25) is 0 Å². The molecule has 4 aliphatic heterocycles. The molecule has 4 fully saturated rings. The molecular formula is C26H33BrFN3O3S2. The fraction of sp³-hybridized carbons (Fsp3) is 0.538. The number of quaternary nitrogens is 1. The van der Waals surface area contributed by atoms with Crippen LogP contribution in [-0.2, 0) is 19.9 Å². The molecule has 4 saturated heterocycles. The Kier molecular flexibility index (Phi) is 8.82. The van der Waals surface area contributed by atoms with Crippen molar-refractivity contribution < 1.29 is 40.2 Å². The summed E-state index contributed by atoms with van der Waals surface area (Å²) >= 11 is 3.53. The first-order valence-electron chi connectivity index (χ1n) is 12.4. The number of benzene rings is 1. The van der Waals surface area contributed by atoms with Crippen LogP contribution >= 0.6 is 23.1 Å². The standard InChI is InChI=1S/C26H32FN3O3S2.BrH/c1-26(23-6-3-13-35-23,29-9-14-34-15-10-29)25(32)33-22-17-30(11-7-19(22)8-12-30)18-24(31)28-21-5-2-4-20(27)16-21;/h2-6,13,16,19,22H,7-12,14-15,17-18H2,1H3;1H/t19?,22-,26?,30?;/m0./s1. The number of halogens is 2. The number of piperidine rings is 3. The van der Waals surface area contributed by atoms with Gasteiger partial charge in [-0.2, -0.15) is 11.8 Å². The van der Waals surface area contributed by atoms with Crippen LogP contribution in [0.1, 0.15) is 24.6 Å². The summed E-state index contributed by atoms with van der Waals surface area (Å²) in [6, 6.07) is 10.0. The lowest BCUT2D eigenvalue weighted by molar-refractivity contribution is -0.939. The van der Waals surface area contributed by atoms with Crippen molar-refractivity contribution in [2.45, 2.75) is 31.4 Å². The summed E-state index contributed by atoms with van der Waals surface area (Å²) in [5.41, 5.74) is -0.324. The smallest absolute Gasteiger partial charge is 0.332 e. The van der Waals surface area contributed by atoms with E-state index in [4.69, 9.17) is 4.74 Å². The summed E-state index contributed by atoms with van der Waals surface area (Å²) in [5, 5.41) is 4.86. The average Bonchev–Trinajstić information content (AvgIpc) is 3.40. The fourth-order valence-corrected chi connectivity index (χ4v) is 7.66. The summed E-state index contributed by atoms with van der Waals surface area (Å²) < 4.78 is 20.5. The summed E-state index contributed by atoms with van der Waals surface area (Å²) in [6.45, 7) is 6.51. The van der Waals surface area contributed by atoms with E-state index >= 15 is 0 Å². The first kappa shape index (κ1) is 27.6. The number of thiophene rings is 1. The Morgan fingerprint density at radius 3 is 2.61 bits per heavy atom. The summed E-state index contributed by atoms with van der Waals surface area (Å²) in [5.74, 6) is 1.70. The molecule has 0 saturated carbocycles. The maximum Gasteiger partial charge on any atom is 0.332 e. The molecule has 0 spiro atoms. The minimum atomic E-state index is -0.791. The van der Waals surface area contributed by atoms with Crippen LogP contribution in [0.4, 0.5) is 10.1 Å². The van der Waals surface area contributed by atoms with Gasteiger partial charge in [-0.15, -0.1) is 11.3 Å². The Bertz CT molecular complexity index is 1060. The molecule has 6 rings (SSSR count). The number of anilines is 1. The highest BCUT2D eigenvalue weighted by Gasteiger charge is 2.51. The number of thioether (sulfide) groups is 1. The topological polar surface area (TPSA) is 58.6 Å². The molecule has 196 valence electrons. The molecule has 5 heterocycles. The zero-order chi connectivity index (χ0) is 24.5. The van der Waals surface area contributed by atoms with Crippen LogP contribution in [0.5, 0.6) is 0 Å². The third-order valence-corrected chi connectivity index (χ3v) is 9.95. The van der Waals surface area contributed by atoms with Gasteiger partial charge in [-0.25, -0.2) is 9.18 Å². The van der Waals surface area contributed by atoms with Crippen LogP contribution in [-0.4, -0.2) is 78.1 Å². The van der Waals surface area contributed by atoms with Crippen LogP contribution in [0.15, 0.2) is 41.8 Å². The van der Waals surface area contributed by atoms with Crippen LogP contribution in [0, 0.1) is 11.7 Å². The van der Waals surface area contributed by atoms with Gasteiger partial charge in [-0.05, 0) is 36.6 Å². The van der Waals surface area contributed by atoms with Gasteiger partial charge in [0.1, 0.15) is 12.4 Å². The number of hydrogen-bond donors (Lipinski definition) is 1. The number of carbonyl (C=O) groups is 2. The Balaban J connectivity index is 0.00000304. The van der Waals surface area contributed by atoms with Crippen molar-refractivity contribution in [1.29, 1.82) is 0 Å². The molecule has 36 heavy (non-hydrogen) atoms. The lowest BCUT2D eigenvalue weighted by Crippen LogP contribution is -3.00. The molecule has 2 aromatic rings. The normalized spacial score (nSPS) is 27.5. The third kappa shape index (κ3) is 5.67. The molecule has 1 aromatic heterocycles. The Labute approximate surface area is 230 Å². The van der Waals surface area contributed by atoms with Gasteiger partial charge in [-0.3, -0.25) is 9.69 Å². The Morgan fingerprint density at radius 1 is 1.19 bits per heavy atom. The van der Waals surface area contributed by atoms with Crippen molar-refractivity contribution in [2.24, 2.45) is 5.92 Å². The van der Waals surface area contributed by atoms with Gasteiger partial charge < -0.3 is 31.5 Å². The van der Waals surface area contributed by atoms with E-state index in [0.717, 1.165) is 55.4 Å². The van der Waals surface area contributed by atoms with Crippen molar-refractivity contribution in [3.8, 4) is 0 Å². The largest absolute Gasteiger partial charge is 1.00 e. The van der Waals surface area contributed by atoms with Gasteiger partial charge in [0.15, 0.2) is 18.2 Å². The quantitative estimate of drug-likeness (QED) is 0.380. The zero-order valence-electron chi connectivity index (χ0n) is 20.5. The van der Waals surface area contributed by atoms with E-state index in [-0.39, 0.29) is 40.8 Å². The number of esters is 1. The first-order chi connectivity index (χ1) is 16.9. The van der Waals surface area contributed by atoms with Gasteiger partial charge in [0, 0.05) is 53.9 Å². The van der Waals surface area contributed by atoms with Crippen LogP contribution < -0.4 is 22.3 Å². The monoisotopic (exact) mass is 597 g/mol. The fourth-order valence-electron chi connectivity index (χ4n) is 5.85. The highest BCUT2D eigenvalue weighted by Crippen LogP contribution is 2.39. The summed E-state index contributed by atoms with van der Waals surface area (Å²) in [4.78, 5) is 30.0. The van der Waals surface area contributed by atoms with E-state index in [2.05, 4.69) is 10.2 Å². The number of nitrogens with one attached hydrogen (secondary N) is 1. The highest BCUT2D eigenvalue weighted by atomic mass is 79.9. The number of hydrogen-bond acceptors (Lipinski definition) is 6. The van der Waals surface area contributed by atoms with E-state index in [1.807, 2.05) is 36.2 Å². The van der Waals surface area contributed by atoms with Gasteiger partial charge in [-0.1, -0.05) is 12.1 Å². The minimum Gasteiger partial charge on any atom is -1.00 e. The Morgan fingerprint density at radius 2 is 1.94 bits per heavy atom. The number of nitrogens with zero attached hydrogens (tertiary/aromatic N) is 2. The summed E-state index contributed by atoms with van der Waals surface area (Å²) in [6.07, 6.45) is 1.70. The molecule has 0 radical (unpaired) electrons. The van der Waals surface area contributed by atoms with E-state index in [9.17, 15) is 14.0 Å². The van der Waals surface area contributed by atoms with Gasteiger partial charge >= 0.3 is 5.97 Å². The average molecular weight is 599 g/mol. The molecule has 1 N–H and O–H groups in total. The molecule has 1 amide bonds. The SMILES string of the molecule is CC(C(=O)O[C@H]1C[N+]2(CC(=O)Nc3cccc(F)c3)CCC1CC2)(c1cccs1)N1CCSCC1.[Br-]. The number of ether oxygens (including phenoxy) is 1. The maximum absolute atomic E-state index is 13.8. The van der Waals surface area contributed by atoms with Crippen molar-refractivity contribution in [2.75, 3.05) is 56.1 Å². The molecule has 4 aliphatic rings. The van der Waals surface area contributed by atoms with Crippen molar-refractivity contribution in [3.63, 3.8) is 0 Å². The predicted molar refractivity (Wildman–Crippen MR) is 138 cm³/mol. The van der Waals surface area contributed by atoms with Crippen molar-refractivity contribution in [3.05, 3.63) is 52.5 Å². The predicted octanol–water partition coefficient (Wildman–Crippen LogP) is 0.946. The van der Waals surface area contributed by atoms with Crippen molar-refractivity contribution in [1.82, 2.24) is 4.90 Å². The maximum atomic E-state index is 13.8. The number of amides is 1. The minimum absolute atomic E-state index is 0. The first-order valence-corrected chi connectivity index (χ1v) is 14.4. The zero-order valence-corrected chi connectivity index (χ0v) is 23.7. The van der Waals surface area contributed by atoms with Gasteiger partial charge in [0.2, 0.25) is 0 Å². The summed E-state index contributed by atoms with van der Waals surface area (Å²) in [7, 11) is 0. The van der Waals surface area contributed by atoms with Crippen molar-refractivity contribution >= 4 is 40.7 Å². The van der Waals surface area contributed by atoms with Crippen LogP contribution in [0.25, 0.3) is 0 Å². The lowest BCUT2D eigenvalue weighted by Gasteiger charge is -2.52. The third-order valence-electron chi connectivity index (χ3n) is 7.93. The second-order valence-electron chi connectivity index (χ2n) is 10.1. The Hall–Kier alpha value is -1.46. The molecule has 10 heteroatoms. The van der Waals surface area contributed by atoms with E-state index in [1.54, 1.807) is 23.5 Å². The number of fused-ring (bicyclic) bond motifs is 3. The number of carbonyl (C=O) groups excluding carboxylic acids is 2. The molecule has 2 atom stereocenters. The van der Waals surface area contributed by atoms with E-state index in [0.29, 0.717) is 29.2 Å². The molecule has 0 aliphatic carbocycles. The molecule has 1 aromatic carbocycles. The molecule has 1 unspecified atom stereocenters. The highest BCUT2D eigenvalue weighted by molar-refractivity contribution is 7.99. The van der Waals surface area contributed by atoms with E-state index < -0.39 is 5.54 Å². The van der Waals surface area contributed by atoms with Gasteiger partial charge in [0.25, 0.3) is 5.91 Å². The number of rotatable bonds is 7. The van der Waals surface area contributed by atoms with E-state index in [1.165, 1.54) is 12.1 Å². The molecular weight excluding hydrogens is 565 g/mol. The second-order valence-corrected chi connectivity index (χ2v) is 12.3.